The summed E-state index contributed by atoms with van der Waals surface area (Å²) in [7, 11) is 0. The number of thioether (sulfide) groups is 1. The molecule has 0 amide bonds. The summed E-state index contributed by atoms with van der Waals surface area (Å²) in [6.45, 7) is 5.65. The summed E-state index contributed by atoms with van der Waals surface area (Å²) < 4.78 is 0. The van der Waals surface area contributed by atoms with E-state index >= 15 is 0 Å². The number of piperidine rings is 1. The van der Waals surface area contributed by atoms with Crippen LogP contribution in [0.4, 0.5) is 5.69 Å². The van der Waals surface area contributed by atoms with Gasteiger partial charge in [0.05, 0.1) is 11.3 Å². The molecule has 0 spiro atoms. The van der Waals surface area contributed by atoms with Gasteiger partial charge >= 0.3 is 0 Å². The molecule has 19 heavy (non-hydrogen) atoms. The second-order valence-electron chi connectivity index (χ2n) is 4.85. The molecule has 0 atom stereocenters. The van der Waals surface area contributed by atoms with Crippen LogP contribution in [0, 0.1) is 11.3 Å². The molecule has 1 heterocycles. The molecule has 1 aromatic rings. The van der Waals surface area contributed by atoms with Crippen molar-refractivity contribution in [1.29, 1.82) is 5.26 Å². The quantitative estimate of drug-likeness (QED) is 0.857. The zero-order valence-electron chi connectivity index (χ0n) is 11.6. The minimum absolute atomic E-state index is 0.493. The van der Waals surface area contributed by atoms with Crippen LogP contribution in [0.15, 0.2) is 23.1 Å². The molecule has 2 rings (SSSR count). The summed E-state index contributed by atoms with van der Waals surface area (Å²) in [6, 6.07) is 8.87. The van der Waals surface area contributed by atoms with Crippen LogP contribution in [0.5, 0.6) is 0 Å². The lowest BCUT2D eigenvalue weighted by Gasteiger charge is -2.32. The number of benzene rings is 1. The van der Waals surface area contributed by atoms with Gasteiger partial charge in [0.2, 0.25) is 0 Å². The van der Waals surface area contributed by atoms with E-state index in [0.29, 0.717) is 6.04 Å². The van der Waals surface area contributed by atoms with E-state index in [-0.39, 0.29) is 0 Å². The minimum atomic E-state index is 0.493. The van der Waals surface area contributed by atoms with Gasteiger partial charge in [-0.1, -0.05) is 13.0 Å². The van der Waals surface area contributed by atoms with Gasteiger partial charge in [-0.05, 0) is 37.8 Å². The zero-order valence-corrected chi connectivity index (χ0v) is 12.5. The van der Waals surface area contributed by atoms with Crippen molar-refractivity contribution in [2.24, 2.45) is 0 Å². The van der Waals surface area contributed by atoms with E-state index in [2.05, 4.69) is 23.2 Å². The lowest BCUT2D eigenvalue weighted by atomic mass is 10.0. The van der Waals surface area contributed by atoms with Gasteiger partial charge in [-0.3, -0.25) is 0 Å². The highest BCUT2D eigenvalue weighted by atomic mass is 32.2. The Balaban J connectivity index is 2.06. The van der Waals surface area contributed by atoms with Gasteiger partial charge in [-0.15, -0.1) is 11.8 Å². The molecule has 0 aliphatic carbocycles. The topological polar surface area (TPSA) is 39.1 Å². The highest BCUT2D eigenvalue weighted by Gasteiger charge is 2.19. The number of hydrogen-bond donors (Lipinski definition) is 1. The first-order valence-electron chi connectivity index (χ1n) is 6.84. The minimum Gasteiger partial charge on any atom is -0.381 e. The Hall–Kier alpha value is -1.18. The molecular formula is C15H21N3S. The van der Waals surface area contributed by atoms with Crippen LogP contribution < -0.4 is 5.32 Å². The van der Waals surface area contributed by atoms with Crippen LogP contribution in [0.25, 0.3) is 0 Å². The fraction of sp³-hybridized carbons (Fsp3) is 0.533. The number of hydrogen-bond acceptors (Lipinski definition) is 4. The van der Waals surface area contributed by atoms with E-state index in [9.17, 15) is 5.26 Å². The fourth-order valence-corrected chi connectivity index (χ4v) is 3.12. The predicted molar refractivity (Wildman–Crippen MR) is 81.7 cm³/mol. The maximum Gasteiger partial charge on any atom is 0.102 e. The number of anilines is 1. The number of likely N-dealkylation sites (tertiary alicyclic amines) is 1. The Morgan fingerprint density at radius 2 is 2.16 bits per heavy atom. The normalized spacial score (nSPS) is 17.1. The molecule has 102 valence electrons. The van der Waals surface area contributed by atoms with Gasteiger partial charge < -0.3 is 10.2 Å². The Labute approximate surface area is 120 Å². The van der Waals surface area contributed by atoms with Crippen molar-refractivity contribution < 1.29 is 0 Å². The van der Waals surface area contributed by atoms with Gasteiger partial charge in [-0.25, -0.2) is 0 Å². The van der Waals surface area contributed by atoms with Crippen molar-refractivity contribution in [2.75, 3.05) is 31.2 Å². The maximum absolute atomic E-state index is 9.33. The van der Waals surface area contributed by atoms with Crippen molar-refractivity contribution in [2.45, 2.75) is 30.7 Å². The van der Waals surface area contributed by atoms with E-state index in [4.69, 9.17) is 0 Å². The zero-order chi connectivity index (χ0) is 13.7. The Morgan fingerprint density at radius 3 is 2.74 bits per heavy atom. The molecule has 4 heteroatoms. The van der Waals surface area contributed by atoms with Crippen LogP contribution in [-0.4, -0.2) is 36.8 Å². The average Bonchev–Trinajstić information content (AvgIpc) is 2.47. The maximum atomic E-state index is 9.33. The smallest absolute Gasteiger partial charge is 0.102 e. The number of rotatable bonds is 4. The molecule has 1 aromatic carbocycles. The van der Waals surface area contributed by atoms with Crippen molar-refractivity contribution in [3.05, 3.63) is 23.8 Å². The highest BCUT2D eigenvalue weighted by molar-refractivity contribution is 7.98. The van der Waals surface area contributed by atoms with Crippen LogP contribution in [0.2, 0.25) is 0 Å². The highest BCUT2D eigenvalue weighted by Crippen LogP contribution is 2.27. The van der Waals surface area contributed by atoms with Crippen molar-refractivity contribution >= 4 is 17.4 Å². The van der Waals surface area contributed by atoms with E-state index < -0.39 is 0 Å². The monoisotopic (exact) mass is 275 g/mol. The van der Waals surface area contributed by atoms with Gasteiger partial charge in [0.15, 0.2) is 0 Å². The SMILES string of the molecule is CCN1CCC(Nc2cccc(SC)c2C#N)CC1. The molecule has 0 unspecified atom stereocenters. The molecule has 0 bridgehead atoms. The van der Waals surface area contributed by atoms with Crippen molar-refractivity contribution in [3.8, 4) is 6.07 Å². The standard InChI is InChI=1S/C15H21N3S/c1-3-18-9-7-12(8-10-18)17-14-5-4-6-15(19-2)13(14)11-16/h4-6,12,17H,3,7-10H2,1-2H3. The third-order valence-electron chi connectivity index (χ3n) is 3.75. The molecule has 1 aliphatic heterocycles. The number of nitrogens with one attached hydrogen (secondary N) is 1. The first-order chi connectivity index (χ1) is 9.28. The van der Waals surface area contributed by atoms with E-state index in [1.807, 2.05) is 24.5 Å². The molecule has 3 nitrogen and oxygen atoms in total. The lowest BCUT2D eigenvalue weighted by Crippen LogP contribution is -2.38. The molecule has 1 fully saturated rings. The summed E-state index contributed by atoms with van der Waals surface area (Å²) in [6.07, 6.45) is 4.32. The first-order valence-corrected chi connectivity index (χ1v) is 8.07. The van der Waals surface area contributed by atoms with Crippen LogP contribution in [0.1, 0.15) is 25.3 Å². The number of nitriles is 1. The summed E-state index contributed by atoms with van der Waals surface area (Å²) in [5.74, 6) is 0. The summed E-state index contributed by atoms with van der Waals surface area (Å²) in [4.78, 5) is 3.53. The van der Waals surface area contributed by atoms with Crippen LogP contribution >= 0.6 is 11.8 Å². The van der Waals surface area contributed by atoms with E-state index in [1.165, 1.54) is 0 Å². The fourth-order valence-electron chi connectivity index (χ4n) is 2.55. The van der Waals surface area contributed by atoms with Gasteiger partial charge in [0.25, 0.3) is 0 Å². The Morgan fingerprint density at radius 1 is 1.42 bits per heavy atom. The molecular weight excluding hydrogens is 254 g/mol. The first kappa shape index (κ1) is 14.2. The van der Waals surface area contributed by atoms with Crippen LogP contribution in [-0.2, 0) is 0 Å². The third kappa shape index (κ3) is 3.43. The average molecular weight is 275 g/mol. The molecule has 1 saturated heterocycles. The Bertz CT molecular complexity index is 459. The lowest BCUT2D eigenvalue weighted by molar-refractivity contribution is 0.229. The molecule has 0 saturated carbocycles. The second kappa shape index (κ2) is 6.83. The summed E-state index contributed by atoms with van der Waals surface area (Å²) in [5.41, 5.74) is 1.78. The van der Waals surface area contributed by atoms with E-state index in [0.717, 1.165) is 48.6 Å². The summed E-state index contributed by atoms with van der Waals surface area (Å²) >= 11 is 1.63. The van der Waals surface area contributed by atoms with E-state index in [1.54, 1.807) is 11.8 Å². The molecule has 1 N–H and O–H groups in total. The van der Waals surface area contributed by atoms with Gasteiger partial charge in [0, 0.05) is 24.0 Å². The van der Waals surface area contributed by atoms with Crippen LogP contribution in [0.3, 0.4) is 0 Å². The molecule has 0 aromatic heterocycles. The third-order valence-corrected chi connectivity index (χ3v) is 4.53. The van der Waals surface area contributed by atoms with Crippen molar-refractivity contribution in [3.63, 3.8) is 0 Å². The van der Waals surface area contributed by atoms with Crippen molar-refractivity contribution in [1.82, 2.24) is 4.90 Å². The van der Waals surface area contributed by atoms with Gasteiger partial charge in [-0.2, -0.15) is 5.26 Å². The Kier molecular flexibility index (Phi) is 5.12. The molecule has 0 radical (unpaired) electrons. The number of nitrogens with zero attached hydrogens (tertiary/aromatic N) is 2. The largest absolute Gasteiger partial charge is 0.381 e. The summed E-state index contributed by atoms with van der Waals surface area (Å²) in [5, 5.41) is 12.9. The second-order valence-corrected chi connectivity index (χ2v) is 5.70. The van der Waals surface area contributed by atoms with Gasteiger partial charge in [0.1, 0.15) is 6.07 Å². The predicted octanol–water partition coefficient (Wildman–Crippen LogP) is 3.18. The molecule has 1 aliphatic rings.